The summed E-state index contributed by atoms with van der Waals surface area (Å²) in [6.07, 6.45) is 0. The minimum atomic E-state index is -0.751. The lowest BCUT2D eigenvalue weighted by molar-refractivity contribution is 0.0727. The standard InChI is InChI=1S/C16H12FNO2/c1-10-7-12(9-18)8-11(2)15(10)20-16(19)13-5-3-4-6-14(13)17/h3-8H,1-2H3. The second-order valence-corrected chi connectivity index (χ2v) is 4.42. The van der Waals surface area contributed by atoms with E-state index in [2.05, 4.69) is 0 Å². The fourth-order valence-corrected chi connectivity index (χ4v) is 1.95. The monoisotopic (exact) mass is 269 g/mol. The van der Waals surface area contributed by atoms with Gasteiger partial charge in [0.25, 0.3) is 0 Å². The van der Waals surface area contributed by atoms with Crippen LogP contribution in [0.5, 0.6) is 5.75 Å². The first-order valence-electron chi connectivity index (χ1n) is 6.01. The van der Waals surface area contributed by atoms with Gasteiger partial charge in [-0.05, 0) is 49.2 Å². The summed E-state index contributed by atoms with van der Waals surface area (Å²) in [4.78, 5) is 12.0. The van der Waals surface area contributed by atoms with Gasteiger partial charge >= 0.3 is 5.97 Å². The van der Waals surface area contributed by atoms with Crippen molar-refractivity contribution in [3.63, 3.8) is 0 Å². The molecule has 0 saturated carbocycles. The average Bonchev–Trinajstić information content (AvgIpc) is 2.42. The van der Waals surface area contributed by atoms with Crippen molar-refractivity contribution in [2.75, 3.05) is 0 Å². The SMILES string of the molecule is Cc1cc(C#N)cc(C)c1OC(=O)c1ccccc1F. The van der Waals surface area contributed by atoms with E-state index in [1.807, 2.05) is 6.07 Å². The van der Waals surface area contributed by atoms with Gasteiger partial charge in [-0.2, -0.15) is 5.26 Å². The maximum atomic E-state index is 13.5. The Balaban J connectivity index is 2.34. The Bertz CT molecular complexity index is 694. The summed E-state index contributed by atoms with van der Waals surface area (Å²) in [6.45, 7) is 3.47. The van der Waals surface area contributed by atoms with E-state index in [1.54, 1.807) is 32.0 Å². The topological polar surface area (TPSA) is 50.1 Å². The van der Waals surface area contributed by atoms with E-state index >= 15 is 0 Å². The summed E-state index contributed by atoms with van der Waals surface area (Å²) in [7, 11) is 0. The van der Waals surface area contributed by atoms with E-state index in [0.717, 1.165) is 0 Å². The van der Waals surface area contributed by atoms with Crippen molar-refractivity contribution in [3.8, 4) is 11.8 Å². The number of carbonyl (C=O) groups is 1. The van der Waals surface area contributed by atoms with Crippen LogP contribution in [0, 0.1) is 31.0 Å². The van der Waals surface area contributed by atoms with Gasteiger partial charge in [0.15, 0.2) is 0 Å². The Labute approximate surface area is 116 Å². The van der Waals surface area contributed by atoms with Gasteiger partial charge in [-0.25, -0.2) is 9.18 Å². The Morgan fingerprint density at radius 1 is 1.20 bits per heavy atom. The highest BCUT2D eigenvalue weighted by Crippen LogP contribution is 2.25. The van der Waals surface area contributed by atoms with Crippen LogP contribution >= 0.6 is 0 Å². The number of nitrogens with zero attached hydrogens (tertiary/aromatic N) is 1. The highest BCUT2D eigenvalue weighted by molar-refractivity contribution is 5.91. The third kappa shape index (κ3) is 2.67. The van der Waals surface area contributed by atoms with Gasteiger partial charge in [0, 0.05) is 0 Å². The van der Waals surface area contributed by atoms with Crippen molar-refractivity contribution < 1.29 is 13.9 Å². The summed E-state index contributed by atoms with van der Waals surface area (Å²) in [5.74, 6) is -1.02. The molecule has 3 nitrogen and oxygen atoms in total. The van der Waals surface area contributed by atoms with Crippen LogP contribution in [0.2, 0.25) is 0 Å². The molecule has 100 valence electrons. The Kier molecular flexibility index (Phi) is 3.81. The van der Waals surface area contributed by atoms with Gasteiger partial charge in [0.2, 0.25) is 0 Å². The van der Waals surface area contributed by atoms with Crippen molar-refractivity contribution in [1.82, 2.24) is 0 Å². The highest BCUT2D eigenvalue weighted by Gasteiger charge is 2.16. The molecule has 2 aromatic carbocycles. The minimum absolute atomic E-state index is 0.115. The van der Waals surface area contributed by atoms with E-state index in [9.17, 15) is 9.18 Å². The number of esters is 1. The average molecular weight is 269 g/mol. The molecular weight excluding hydrogens is 257 g/mol. The van der Waals surface area contributed by atoms with Crippen molar-refractivity contribution in [2.24, 2.45) is 0 Å². The predicted molar refractivity (Wildman–Crippen MR) is 72.0 cm³/mol. The second-order valence-electron chi connectivity index (χ2n) is 4.42. The maximum absolute atomic E-state index is 13.5. The van der Waals surface area contributed by atoms with Crippen LogP contribution in [0.25, 0.3) is 0 Å². The summed E-state index contributed by atoms with van der Waals surface area (Å²) in [5.41, 5.74) is 1.69. The lowest BCUT2D eigenvalue weighted by Crippen LogP contribution is -2.12. The molecule has 0 aliphatic heterocycles. The number of halogens is 1. The fourth-order valence-electron chi connectivity index (χ4n) is 1.95. The van der Waals surface area contributed by atoms with Gasteiger partial charge < -0.3 is 4.74 Å². The second kappa shape index (κ2) is 5.54. The van der Waals surface area contributed by atoms with Gasteiger partial charge in [0.1, 0.15) is 11.6 Å². The quantitative estimate of drug-likeness (QED) is 0.619. The number of carbonyl (C=O) groups excluding carboxylic acids is 1. The van der Waals surface area contributed by atoms with Gasteiger partial charge in [-0.1, -0.05) is 12.1 Å². The molecule has 20 heavy (non-hydrogen) atoms. The summed E-state index contributed by atoms with van der Waals surface area (Å²) >= 11 is 0. The number of ether oxygens (including phenoxy) is 1. The Hall–Kier alpha value is -2.67. The van der Waals surface area contributed by atoms with Gasteiger partial charge in [-0.3, -0.25) is 0 Å². The Morgan fingerprint density at radius 2 is 1.80 bits per heavy atom. The first-order chi connectivity index (χ1) is 9.52. The Morgan fingerprint density at radius 3 is 2.35 bits per heavy atom. The molecule has 0 heterocycles. The normalized spacial score (nSPS) is 9.90. The molecule has 0 aliphatic rings. The molecule has 2 aromatic rings. The molecule has 2 rings (SSSR count). The van der Waals surface area contributed by atoms with Crippen LogP contribution < -0.4 is 4.74 Å². The molecule has 0 amide bonds. The molecule has 0 fully saturated rings. The molecule has 0 unspecified atom stereocenters. The minimum Gasteiger partial charge on any atom is -0.422 e. The molecule has 0 spiro atoms. The third-order valence-electron chi connectivity index (χ3n) is 2.88. The maximum Gasteiger partial charge on any atom is 0.346 e. The largest absolute Gasteiger partial charge is 0.422 e. The van der Waals surface area contributed by atoms with Crippen LogP contribution in [-0.2, 0) is 0 Å². The molecule has 0 N–H and O–H groups in total. The first-order valence-corrected chi connectivity index (χ1v) is 6.01. The highest BCUT2D eigenvalue weighted by atomic mass is 19.1. The number of aryl methyl sites for hydroxylation is 2. The fraction of sp³-hybridized carbons (Fsp3) is 0.125. The zero-order valence-corrected chi connectivity index (χ0v) is 11.1. The van der Waals surface area contributed by atoms with Crippen LogP contribution in [0.15, 0.2) is 36.4 Å². The number of hydrogen-bond donors (Lipinski definition) is 0. The molecular formula is C16H12FNO2. The summed E-state index contributed by atoms with van der Waals surface area (Å²) in [5, 5.41) is 8.87. The summed E-state index contributed by atoms with van der Waals surface area (Å²) < 4.78 is 18.8. The molecule has 0 radical (unpaired) electrons. The zero-order valence-electron chi connectivity index (χ0n) is 11.1. The molecule has 0 saturated heterocycles. The third-order valence-corrected chi connectivity index (χ3v) is 2.88. The first kappa shape index (κ1) is 13.8. The molecule has 0 aromatic heterocycles. The van der Waals surface area contributed by atoms with Crippen molar-refractivity contribution in [2.45, 2.75) is 13.8 Å². The van der Waals surface area contributed by atoms with E-state index < -0.39 is 11.8 Å². The van der Waals surface area contributed by atoms with Gasteiger partial charge in [-0.15, -0.1) is 0 Å². The van der Waals surface area contributed by atoms with Gasteiger partial charge in [0.05, 0.1) is 17.2 Å². The molecule has 0 aliphatic carbocycles. The lowest BCUT2D eigenvalue weighted by Gasteiger charge is -2.11. The number of hydrogen-bond acceptors (Lipinski definition) is 3. The molecule has 0 bridgehead atoms. The smallest absolute Gasteiger partial charge is 0.346 e. The van der Waals surface area contributed by atoms with Crippen molar-refractivity contribution >= 4 is 5.97 Å². The van der Waals surface area contributed by atoms with E-state index in [1.165, 1.54) is 18.2 Å². The van der Waals surface area contributed by atoms with E-state index in [0.29, 0.717) is 22.4 Å². The van der Waals surface area contributed by atoms with Crippen LogP contribution in [0.3, 0.4) is 0 Å². The van der Waals surface area contributed by atoms with Crippen LogP contribution in [-0.4, -0.2) is 5.97 Å². The lowest BCUT2D eigenvalue weighted by atomic mass is 10.1. The molecule has 4 heteroatoms. The zero-order chi connectivity index (χ0) is 14.7. The number of rotatable bonds is 2. The number of benzene rings is 2. The predicted octanol–water partition coefficient (Wildman–Crippen LogP) is 3.53. The van der Waals surface area contributed by atoms with E-state index in [-0.39, 0.29) is 5.56 Å². The van der Waals surface area contributed by atoms with E-state index in [4.69, 9.17) is 10.00 Å². The van der Waals surface area contributed by atoms with Crippen LogP contribution in [0.1, 0.15) is 27.0 Å². The number of nitriles is 1. The van der Waals surface area contributed by atoms with Crippen LogP contribution in [0.4, 0.5) is 4.39 Å². The summed E-state index contributed by atoms with van der Waals surface area (Å²) in [6, 6.07) is 10.9. The van der Waals surface area contributed by atoms with Crippen molar-refractivity contribution in [1.29, 1.82) is 5.26 Å². The molecule has 0 atom stereocenters. The van der Waals surface area contributed by atoms with Crippen molar-refractivity contribution in [3.05, 3.63) is 64.5 Å².